The normalized spacial score (nSPS) is 10.8. The fourth-order valence-electron chi connectivity index (χ4n) is 2.31. The molecule has 0 fully saturated rings. The molecule has 0 saturated heterocycles. The van der Waals surface area contributed by atoms with Crippen LogP contribution in [0.2, 0.25) is 10.0 Å². The monoisotopic (exact) mass is 412 g/mol. The van der Waals surface area contributed by atoms with Gasteiger partial charge in [-0.25, -0.2) is 0 Å². The lowest BCUT2D eigenvalue weighted by Gasteiger charge is -2.18. The first kappa shape index (κ1) is 18.1. The molecule has 25 heavy (non-hydrogen) atoms. The number of carbonyl (C=O) groups excluding carboxylic acids is 1. The number of benzene rings is 1. The number of aromatic nitrogens is 3. The van der Waals surface area contributed by atoms with E-state index in [2.05, 4.69) is 10.2 Å². The number of aromatic amines is 1. The first-order valence-corrected chi connectivity index (χ1v) is 9.37. The summed E-state index contributed by atoms with van der Waals surface area (Å²) in [7, 11) is 1.74. The Morgan fingerprint density at radius 1 is 1.36 bits per heavy atom. The van der Waals surface area contributed by atoms with E-state index in [0.717, 1.165) is 10.4 Å². The molecule has 1 aromatic carbocycles. The highest BCUT2D eigenvalue weighted by Gasteiger charge is 2.16. The molecule has 0 atom stereocenters. The van der Waals surface area contributed by atoms with Crippen molar-refractivity contribution in [1.82, 2.24) is 19.7 Å². The van der Waals surface area contributed by atoms with Gasteiger partial charge in [-0.3, -0.25) is 14.5 Å². The van der Waals surface area contributed by atoms with Crippen molar-refractivity contribution < 1.29 is 4.79 Å². The van der Waals surface area contributed by atoms with Gasteiger partial charge in [-0.1, -0.05) is 35.3 Å². The van der Waals surface area contributed by atoms with Gasteiger partial charge >= 0.3 is 0 Å². The smallest absolute Gasteiger partial charge is 0.242 e. The van der Waals surface area contributed by atoms with Crippen molar-refractivity contribution in [2.24, 2.45) is 0 Å². The summed E-state index contributed by atoms with van der Waals surface area (Å²) in [5.41, 5.74) is 0.902. The Kier molecular flexibility index (Phi) is 5.58. The van der Waals surface area contributed by atoms with E-state index in [9.17, 15) is 4.79 Å². The number of carbonyl (C=O) groups is 1. The van der Waals surface area contributed by atoms with Gasteiger partial charge in [0, 0.05) is 13.6 Å². The minimum Gasteiger partial charge on any atom is -0.340 e. The summed E-state index contributed by atoms with van der Waals surface area (Å²) >= 11 is 18.7. The number of halogens is 2. The molecule has 0 aliphatic heterocycles. The summed E-state index contributed by atoms with van der Waals surface area (Å²) in [4.78, 5) is 15.2. The van der Waals surface area contributed by atoms with Gasteiger partial charge in [0.2, 0.25) is 5.91 Å². The predicted octanol–water partition coefficient (Wildman–Crippen LogP) is 4.63. The van der Waals surface area contributed by atoms with Crippen molar-refractivity contribution in [2.45, 2.75) is 13.1 Å². The number of likely N-dealkylation sites (N-methyl/N-ethyl adjacent to an activating group) is 1. The zero-order valence-electron chi connectivity index (χ0n) is 13.2. The van der Waals surface area contributed by atoms with Gasteiger partial charge in [0.1, 0.15) is 6.54 Å². The lowest BCUT2D eigenvalue weighted by molar-refractivity contribution is -0.131. The van der Waals surface area contributed by atoms with Crippen molar-refractivity contribution in [3.8, 4) is 10.7 Å². The maximum absolute atomic E-state index is 12.6. The molecular weight excluding hydrogens is 399 g/mol. The molecule has 0 aliphatic rings. The standard InChI is InChI=1S/C16H14Cl2N4OS2/c1-21(8-10-4-5-11(17)12(18)7-10)14(23)9-22-15(19-20-16(22)24)13-3-2-6-25-13/h2-7H,8-9H2,1H3,(H,20,24). The van der Waals surface area contributed by atoms with Crippen LogP contribution in [0.15, 0.2) is 35.7 Å². The Morgan fingerprint density at radius 2 is 2.16 bits per heavy atom. The highest BCUT2D eigenvalue weighted by atomic mass is 35.5. The average molecular weight is 413 g/mol. The third-order valence-electron chi connectivity index (χ3n) is 3.62. The third kappa shape index (κ3) is 4.12. The fraction of sp³-hybridized carbons (Fsp3) is 0.188. The molecule has 9 heteroatoms. The van der Waals surface area contributed by atoms with Gasteiger partial charge in [-0.2, -0.15) is 5.10 Å². The van der Waals surface area contributed by atoms with Gasteiger partial charge in [0.25, 0.3) is 0 Å². The maximum atomic E-state index is 12.6. The summed E-state index contributed by atoms with van der Waals surface area (Å²) in [6, 6.07) is 9.20. The lowest BCUT2D eigenvalue weighted by Crippen LogP contribution is -2.30. The second kappa shape index (κ2) is 7.70. The van der Waals surface area contributed by atoms with Crippen LogP contribution in [0.3, 0.4) is 0 Å². The van der Waals surface area contributed by atoms with Crippen molar-refractivity contribution in [2.75, 3.05) is 7.05 Å². The summed E-state index contributed by atoms with van der Waals surface area (Å²) in [5, 5.41) is 9.90. The van der Waals surface area contributed by atoms with Crippen LogP contribution < -0.4 is 0 Å². The summed E-state index contributed by atoms with van der Waals surface area (Å²) in [5.74, 6) is 0.581. The molecule has 3 rings (SSSR count). The summed E-state index contributed by atoms with van der Waals surface area (Å²) in [6.45, 7) is 0.537. The van der Waals surface area contributed by atoms with E-state index in [1.807, 2.05) is 23.6 Å². The van der Waals surface area contributed by atoms with Crippen LogP contribution in [0, 0.1) is 4.77 Å². The van der Waals surface area contributed by atoms with Crippen LogP contribution in [-0.2, 0) is 17.9 Å². The molecule has 5 nitrogen and oxygen atoms in total. The molecule has 0 aliphatic carbocycles. The van der Waals surface area contributed by atoms with Gasteiger partial charge in [0.05, 0.1) is 14.9 Å². The van der Waals surface area contributed by atoms with Crippen LogP contribution >= 0.6 is 46.8 Å². The number of hydrogen-bond donors (Lipinski definition) is 1. The zero-order valence-corrected chi connectivity index (χ0v) is 16.3. The average Bonchev–Trinajstić information content (AvgIpc) is 3.21. The molecule has 0 saturated carbocycles. The first-order chi connectivity index (χ1) is 12.0. The second-order valence-electron chi connectivity index (χ2n) is 5.41. The highest BCUT2D eigenvalue weighted by molar-refractivity contribution is 7.71. The Hall–Kier alpha value is -1.67. The third-order valence-corrected chi connectivity index (χ3v) is 5.54. The van der Waals surface area contributed by atoms with Crippen molar-refractivity contribution in [3.63, 3.8) is 0 Å². The molecule has 0 unspecified atom stereocenters. The molecule has 1 amide bonds. The molecule has 2 heterocycles. The molecule has 0 bridgehead atoms. The van der Waals surface area contributed by atoms with Crippen LogP contribution in [0.1, 0.15) is 5.56 Å². The van der Waals surface area contributed by atoms with E-state index in [1.54, 1.807) is 40.0 Å². The van der Waals surface area contributed by atoms with Crippen LogP contribution in [-0.4, -0.2) is 32.6 Å². The number of H-pyrrole nitrogens is 1. The number of nitrogens with one attached hydrogen (secondary N) is 1. The fourth-order valence-corrected chi connectivity index (χ4v) is 3.55. The van der Waals surface area contributed by atoms with Gasteiger partial charge < -0.3 is 4.90 Å². The first-order valence-electron chi connectivity index (χ1n) is 7.32. The van der Waals surface area contributed by atoms with E-state index in [0.29, 0.717) is 27.2 Å². The van der Waals surface area contributed by atoms with E-state index in [-0.39, 0.29) is 12.5 Å². The highest BCUT2D eigenvalue weighted by Crippen LogP contribution is 2.24. The Morgan fingerprint density at radius 3 is 2.84 bits per heavy atom. The molecule has 2 aromatic heterocycles. The topological polar surface area (TPSA) is 53.9 Å². The molecule has 0 radical (unpaired) electrons. The van der Waals surface area contributed by atoms with E-state index in [1.165, 1.54) is 0 Å². The van der Waals surface area contributed by atoms with Gasteiger partial charge in [-0.05, 0) is 41.4 Å². The van der Waals surface area contributed by atoms with Crippen LogP contribution in [0.5, 0.6) is 0 Å². The molecular formula is C16H14Cl2N4OS2. The molecule has 0 spiro atoms. The number of nitrogens with zero attached hydrogens (tertiary/aromatic N) is 3. The lowest BCUT2D eigenvalue weighted by atomic mass is 10.2. The SMILES string of the molecule is CN(Cc1ccc(Cl)c(Cl)c1)C(=O)Cn1c(-c2cccs2)n[nH]c1=S. The number of amides is 1. The van der Waals surface area contributed by atoms with E-state index < -0.39 is 0 Å². The Balaban J connectivity index is 1.75. The molecule has 3 aromatic rings. The number of thiophene rings is 1. The summed E-state index contributed by atoms with van der Waals surface area (Å²) < 4.78 is 2.12. The Bertz CT molecular complexity index is 949. The quantitative estimate of drug-likeness (QED) is 0.621. The number of rotatable bonds is 5. The number of hydrogen-bond acceptors (Lipinski definition) is 4. The minimum atomic E-state index is -0.0821. The van der Waals surface area contributed by atoms with Crippen molar-refractivity contribution in [3.05, 3.63) is 56.1 Å². The zero-order chi connectivity index (χ0) is 18.0. The molecule has 130 valence electrons. The maximum Gasteiger partial charge on any atom is 0.242 e. The largest absolute Gasteiger partial charge is 0.340 e. The van der Waals surface area contributed by atoms with E-state index in [4.69, 9.17) is 35.4 Å². The minimum absolute atomic E-state index is 0.0821. The van der Waals surface area contributed by atoms with Crippen LogP contribution in [0.25, 0.3) is 10.7 Å². The Labute approximate surface area is 163 Å². The van der Waals surface area contributed by atoms with Gasteiger partial charge in [0.15, 0.2) is 10.6 Å². The molecule has 1 N–H and O–H groups in total. The predicted molar refractivity (Wildman–Crippen MR) is 104 cm³/mol. The van der Waals surface area contributed by atoms with Gasteiger partial charge in [-0.15, -0.1) is 11.3 Å². The van der Waals surface area contributed by atoms with Crippen molar-refractivity contribution >= 4 is 52.7 Å². The van der Waals surface area contributed by atoms with E-state index >= 15 is 0 Å². The van der Waals surface area contributed by atoms with Crippen molar-refractivity contribution in [1.29, 1.82) is 0 Å². The van der Waals surface area contributed by atoms with Crippen LogP contribution in [0.4, 0.5) is 0 Å². The summed E-state index contributed by atoms with van der Waals surface area (Å²) in [6.07, 6.45) is 0. The second-order valence-corrected chi connectivity index (χ2v) is 7.56.